The molecule has 0 radical (unpaired) electrons. The molecule has 2 aromatic carbocycles. The molecule has 0 aliphatic carbocycles. The van der Waals surface area contributed by atoms with E-state index in [1.807, 2.05) is 24.3 Å². The van der Waals surface area contributed by atoms with Crippen LogP contribution in [-0.2, 0) is 11.2 Å². The first-order valence-corrected chi connectivity index (χ1v) is 11.5. The molecule has 0 spiro atoms. The molecule has 1 heterocycles. The Bertz CT molecular complexity index is 818. The maximum Gasteiger partial charge on any atom is 0.191 e. The van der Waals surface area contributed by atoms with Gasteiger partial charge in [-0.25, -0.2) is 0 Å². The Hall–Kier alpha value is -2.77. The average Bonchev–Trinajstić information content (AvgIpc) is 2.84. The van der Waals surface area contributed by atoms with Crippen LogP contribution < -0.4 is 15.4 Å². The number of rotatable bonds is 10. The van der Waals surface area contributed by atoms with Gasteiger partial charge in [-0.15, -0.1) is 0 Å². The van der Waals surface area contributed by atoms with Crippen molar-refractivity contribution >= 4 is 5.96 Å². The molecule has 1 atom stereocenters. The molecule has 32 heavy (non-hydrogen) atoms. The Morgan fingerprint density at radius 1 is 1.09 bits per heavy atom. The van der Waals surface area contributed by atoms with Crippen LogP contribution in [0.25, 0.3) is 0 Å². The summed E-state index contributed by atoms with van der Waals surface area (Å²) in [6, 6.07) is 15.9. The predicted molar refractivity (Wildman–Crippen MR) is 129 cm³/mol. The molecule has 1 unspecified atom stereocenters. The fourth-order valence-electron chi connectivity index (χ4n) is 3.83. The third kappa shape index (κ3) is 7.43. The van der Waals surface area contributed by atoms with Crippen LogP contribution in [0.4, 0.5) is 0 Å². The minimum atomic E-state index is 0.192. The number of hydrogen-bond acceptors (Lipinski definition) is 5. The van der Waals surface area contributed by atoms with Gasteiger partial charge < -0.3 is 25.2 Å². The molecule has 7 nitrogen and oxygen atoms in total. The summed E-state index contributed by atoms with van der Waals surface area (Å²) in [6.07, 6.45) is 1.94. The number of phenols is 1. The lowest BCUT2D eigenvalue weighted by Gasteiger charge is -2.34. The van der Waals surface area contributed by atoms with Crippen LogP contribution in [-0.4, -0.2) is 69.0 Å². The van der Waals surface area contributed by atoms with Crippen LogP contribution in [0.3, 0.4) is 0 Å². The van der Waals surface area contributed by atoms with Gasteiger partial charge in [0.05, 0.1) is 32.9 Å². The highest BCUT2D eigenvalue weighted by Crippen LogP contribution is 2.24. The van der Waals surface area contributed by atoms with Gasteiger partial charge in [-0.2, -0.15) is 0 Å². The van der Waals surface area contributed by atoms with E-state index in [2.05, 4.69) is 34.6 Å². The predicted octanol–water partition coefficient (Wildman–Crippen LogP) is 2.96. The topological polar surface area (TPSA) is 78.4 Å². The summed E-state index contributed by atoms with van der Waals surface area (Å²) in [6.45, 7) is 7.71. The molecular formula is C25H36N4O3. The summed E-state index contributed by atoms with van der Waals surface area (Å²) >= 11 is 0. The molecule has 174 valence electrons. The van der Waals surface area contributed by atoms with Crippen molar-refractivity contribution in [2.24, 2.45) is 4.99 Å². The van der Waals surface area contributed by atoms with Gasteiger partial charge in [0.25, 0.3) is 0 Å². The fourth-order valence-corrected chi connectivity index (χ4v) is 3.83. The van der Waals surface area contributed by atoms with Crippen molar-refractivity contribution in [3.05, 3.63) is 59.7 Å². The maximum absolute atomic E-state index is 9.41. The van der Waals surface area contributed by atoms with E-state index in [4.69, 9.17) is 14.5 Å². The lowest BCUT2D eigenvalue weighted by Crippen LogP contribution is -2.42. The van der Waals surface area contributed by atoms with Crippen molar-refractivity contribution in [3.8, 4) is 11.5 Å². The Labute approximate surface area is 191 Å². The first-order valence-electron chi connectivity index (χ1n) is 11.5. The van der Waals surface area contributed by atoms with Gasteiger partial charge in [0.1, 0.15) is 11.5 Å². The Morgan fingerprint density at radius 2 is 1.81 bits per heavy atom. The summed E-state index contributed by atoms with van der Waals surface area (Å²) in [5, 5.41) is 16.2. The molecule has 2 aromatic rings. The van der Waals surface area contributed by atoms with Crippen molar-refractivity contribution in [2.45, 2.75) is 25.8 Å². The van der Waals surface area contributed by atoms with Crippen LogP contribution >= 0.6 is 0 Å². The molecule has 1 saturated heterocycles. The van der Waals surface area contributed by atoms with Crippen molar-refractivity contribution < 1.29 is 14.6 Å². The van der Waals surface area contributed by atoms with Crippen LogP contribution in [0.15, 0.2) is 53.5 Å². The number of nitrogens with one attached hydrogen (secondary N) is 2. The van der Waals surface area contributed by atoms with E-state index in [1.165, 1.54) is 11.1 Å². The van der Waals surface area contributed by atoms with Crippen LogP contribution in [0.5, 0.6) is 11.5 Å². The molecule has 0 aromatic heterocycles. The highest BCUT2D eigenvalue weighted by molar-refractivity contribution is 5.79. The third-order valence-corrected chi connectivity index (χ3v) is 5.62. The van der Waals surface area contributed by atoms with Crippen molar-refractivity contribution in [2.75, 3.05) is 53.0 Å². The van der Waals surface area contributed by atoms with E-state index in [0.717, 1.165) is 63.9 Å². The van der Waals surface area contributed by atoms with Crippen molar-refractivity contribution in [3.63, 3.8) is 0 Å². The molecule has 0 saturated carbocycles. The first-order chi connectivity index (χ1) is 15.7. The Kier molecular flexibility index (Phi) is 9.65. The SMILES string of the molecule is CCNC(=NCC(c1ccc(OC)cc1)N1CCOCC1)NCCCc1ccc(O)cc1. The minimum Gasteiger partial charge on any atom is -0.508 e. The summed E-state index contributed by atoms with van der Waals surface area (Å²) in [4.78, 5) is 7.36. The number of benzene rings is 2. The van der Waals surface area contributed by atoms with Crippen molar-refractivity contribution in [1.82, 2.24) is 15.5 Å². The minimum absolute atomic E-state index is 0.192. The van der Waals surface area contributed by atoms with Crippen molar-refractivity contribution in [1.29, 1.82) is 0 Å². The zero-order valence-electron chi connectivity index (χ0n) is 19.2. The number of hydrogen-bond donors (Lipinski definition) is 3. The van der Waals surface area contributed by atoms with Crippen LogP contribution in [0.1, 0.15) is 30.5 Å². The highest BCUT2D eigenvalue weighted by Gasteiger charge is 2.22. The van der Waals surface area contributed by atoms with Gasteiger partial charge in [-0.3, -0.25) is 9.89 Å². The van der Waals surface area contributed by atoms with Gasteiger partial charge in [-0.05, 0) is 55.2 Å². The fraction of sp³-hybridized carbons (Fsp3) is 0.480. The summed E-state index contributed by atoms with van der Waals surface area (Å²) in [5.74, 6) is 2.01. The number of morpholine rings is 1. The lowest BCUT2D eigenvalue weighted by atomic mass is 10.0. The number of methoxy groups -OCH3 is 1. The highest BCUT2D eigenvalue weighted by atomic mass is 16.5. The maximum atomic E-state index is 9.41. The second-order valence-electron chi connectivity index (χ2n) is 7.85. The van der Waals surface area contributed by atoms with Gasteiger partial charge in [0.2, 0.25) is 0 Å². The zero-order valence-corrected chi connectivity index (χ0v) is 19.2. The number of phenolic OH excluding ortho intramolecular Hbond substituents is 1. The number of aromatic hydroxyl groups is 1. The summed E-state index contributed by atoms with van der Waals surface area (Å²) < 4.78 is 10.9. The molecule has 3 rings (SSSR count). The lowest BCUT2D eigenvalue weighted by molar-refractivity contribution is 0.0179. The van der Waals surface area contributed by atoms with Gasteiger partial charge in [0, 0.05) is 26.2 Å². The largest absolute Gasteiger partial charge is 0.508 e. The molecule has 0 amide bonds. The molecule has 7 heteroatoms. The molecule has 1 aliphatic rings. The zero-order chi connectivity index (χ0) is 22.6. The quantitative estimate of drug-likeness (QED) is 0.300. The number of nitrogens with zero attached hydrogens (tertiary/aromatic N) is 2. The average molecular weight is 441 g/mol. The smallest absolute Gasteiger partial charge is 0.191 e. The van der Waals surface area contributed by atoms with E-state index in [0.29, 0.717) is 12.3 Å². The molecule has 3 N–H and O–H groups in total. The van der Waals surface area contributed by atoms with E-state index in [-0.39, 0.29) is 6.04 Å². The third-order valence-electron chi connectivity index (χ3n) is 5.62. The molecular weight excluding hydrogens is 404 g/mol. The normalized spacial score (nSPS) is 15.9. The summed E-state index contributed by atoms with van der Waals surface area (Å²) in [7, 11) is 1.69. The van der Waals surface area contributed by atoms with E-state index in [9.17, 15) is 5.11 Å². The van der Waals surface area contributed by atoms with E-state index in [1.54, 1.807) is 19.2 Å². The number of ether oxygens (including phenoxy) is 2. The van der Waals surface area contributed by atoms with E-state index >= 15 is 0 Å². The molecule has 1 aliphatic heterocycles. The van der Waals surface area contributed by atoms with Gasteiger partial charge in [-0.1, -0.05) is 24.3 Å². The molecule has 0 bridgehead atoms. The number of aliphatic imine (C=N–C) groups is 1. The van der Waals surface area contributed by atoms with E-state index < -0.39 is 0 Å². The Balaban J connectivity index is 1.60. The second kappa shape index (κ2) is 12.9. The van der Waals surface area contributed by atoms with Gasteiger partial charge >= 0.3 is 0 Å². The first kappa shape index (κ1) is 23.9. The molecule has 1 fully saturated rings. The monoisotopic (exact) mass is 440 g/mol. The van der Waals surface area contributed by atoms with Crippen LogP contribution in [0.2, 0.25) is 0 Å². The standard InChI is InChI=1S/C25H36N4O3/c1-3-26-25(27-14-4-5-20-6-10-22(30)11-7-20)28-19-24(29-15-17-32-18-16-29)21-8-12-23(31-2)13-9-21/h6-13,24,30H,3-5,14-19H2,1-2H3,(H2,26,27,28). The number of guanidine groups is 1. The van der Waals surface area contributed by atoms with Crippen LogP contribution in [0, 0.1) is 0 Å². The Morgan fingerprint density at radius 3 is 2.47 bits per heavy atom. The number of aryl methyl sites for hydroxylation is 1. The summed E-state index contributed by atoms with van der Waals surface area (Å²) in [5.41, 5.74) is 2.46. The second-order valence-corrected chi connectivity index (χ2v) is 7.85. The van der Waals surface area contributed by atoms with Gasteiger partial charge in [0.15, 0.2) is 5.96 Å².